The van der Waals surface area contributed by atoms with Crippen LogP contribution in [0.4, 0.5) is 0 Å². The van der Waals surface area contributed by atoms with Crippen molar-refractivity contribution in [3.05, 3.63) is 48.1 Å². The average Bonchev–Trinajstić information content (AvgIpc) is 3.29. The van der Waals surface area contributed by atoms with Crippen molar-refractivity contribution in [1.29, 1.82) is 0 Å². The van der Waals surface area contributed by atoms with E-state index in [9.17, 15) is 0 Å². The van der Waals surface area contributed by atoms with Gasteiger partial charge in [-0.15, -0.1) is 10.2 Å². The number of pyridine rings is 1. The normalized spacial score (nSPS) is 16.3. The molecule has 0 N–H and O–H groups in total. The van der Waals surface area contributed by atoms with Crippen molar-refractivity contribution in [2.75, 3.05) is 6.61 Å². The molecule has 4 aromatic rings. The Morgan fingerprint density at radius 1 is 1.12 bits per heavy atom. The Kier molecular flexibility index (Phi) is 2.96. The van der Waals surface area contributed by atoms with Crippen molar-refractivity contribution in [2.24, 2.45) is 0 Å². The SMILES string of the molecule is Cc1noc2ncc(-c3nnc([C@H]4COc5ccccc5O4)o3)cc12. The molecule has 0 aliphatic carbocycles. The number of para-hydroxylation sites is 2. The van der Waals surface area contributed by atoms with Crippen molar-refractivity contribution in [2.45, 2.75) is 13.0 Å². The minimum atomic E-state index is -0.454. The lowest BCUT2D eigenvalue weighted by molar-refractivity contribution is 0.0716. The fourth-order valence-electron chi connectivity index (χ4n) is 2.68. The molecule has 0 saturated heterocycles. The molecule has 0 unspecified atom stereocenters. The maximum atomic E-state index is 5.88. The van der Waals surface area contributed by atoms with Crippen molar-refractivity contribution < 1.29 is 18.4 Å². The highest BCUT2D eigenvalue weighted by molar-refractivity contribution is 5.79. The third-order valence-electron chi connectivity index (χ3n) is 3.98. The summed E-state index contributed by atoms with van der Waals surface area (Å²) < 4.78 is 22.4. The molecular weight excluding hydrogens is 324 g/mol. The summed E-state index contributed by atoms with van der Waals surface area (Å²) in [5.41, 5.74) is 1.92. The Hall–Kier alpha value is -3.42. The van der Waals surface area contributed by atoms with Gasteiger partial charge in [0.15, 0.2) is 11.5 Å². The molecule has 1 atom stereocenters. The number of aryl methyl sites for hydroxylation is 1. The van der Waals surface area contributed by atoms with Gasteiger partial charge in [-0.1, -0.05) is 17.3 Å². The smallest absolute Gasteiger partial charge is 0.260 e. The van der Waals surface area contributed by atoms with Crippen LogP contribution in [0.5, 0.6) is 11.5 Å². The number of rotatable bonds is 2. The van der Waals surface area contributed by atoms with E-state index in [0.717, 1.165) is 11.1 Å². The van der Waals surface area contributed by atoms with Crippen LogP contribution in [0.1, 0.15) is 17.7 Å². The van der Waals surface area contributed by atoms with E-state index in [1.807, 2.05) is 37.3 Å². The number of aromatic nitrogens is 4. The Morgan fingerprint density at radius 2 is 2.00 bits per heavy atom. The van der Waals surface area contributed by atoms with Gasteiger partial charge in [0.2, 0.25) is 12.0 Å². The predicted molar refractivity (Wildman–Crippen MR) is 85.1 cm³/mol. The van der Waals surface area contributed by atoms with E-state index in [-0.39, 0.29) is 0 Å². The number of hydrogen-bond acceptors (Lipinski definition) is 8. The molecule has 0 radical (unpaired) electrons. The summed E-state index contributed by atoms with van der Waals surface area (Å²) >= 11 is 0. The second kappa shape index (κ2) is 5.30. The minimum absolute atomic E-state index is 0.306. The van der Waals surface area contributed by atoms with Gasteiger partial charge in [0, 0.05) is 6.20 Å². The van der Waals surface area contributed by atoms with Gasteiger partial charge in [0.1, 0.15) is 6.61 Å². The Morgan fingerprint density at radius 3 is 2.92 bits per heavy atom. The van der Waals surface area contributed by atoms with Crippen LogP contribution in [0, 0.1) is 6.92 Å². The highest BCUT2D eigenvalue weighted by atomic mass is 16.6. The first-order valence-electron chi connectivity index (χ1n) is 7.72. The molecule has 0 spiro atoms. The zero-order valence-electron chi connectivity index (χ0n) is 13.2. The van der Waals surface area contributed by atoms with E-state index < -0.39 is 6.10 Å². The lowest BCUT2D eigenvalue weighted by Crippen LogP contribution is -2.21. The van der Waals surface area contributed by atoms with Crippen LogP contribution in [0.3, 0.4) is 0 Å². The summed E-state index contributed by atoms with van der Waals surface area (Å²) in [4.78, 5) is 4.22. The van der Waals surface area contributed by atoms with Gasteiger partial charge in [0.05, 0.1) is 16.6 Å². The van der Waals surface area contributed by atoms with E-state index in [1.165, 1.54) is 0 Å². The molecule has 1 aliphatic heterocycles. The van der Waals surface area contributed by atoms with Crippen LogP contribution in [-0.4, -0.2) is 26.9 Å². The lowest BCUT2D eigenvalue weighted by atomic mass is 10.2. The molecule has 1 aromatic carbocycles. The summed E-state index contributed by atoms with van der Waals surface area (Å²) in [5, 5.41) is 12.9. The fraction of sp³-hybridized carbons (Fsp3) is 0.176. The molecule has 25 heavy (non-hydrogen) atoms. The summed E-state index contributed by atoms with van der Waals surface area (Å²) in [7, 11) is 0. The van der Waals surface area contributed by atoms with Crippen molar-refractivity contribution in [1.82, 2.24) is 20.3 Å². The second-order valence-corrected chi connectivity index (χ2v) is 5.65. The molecule has 4 heterocycles. The summed E-state index contributed by atoms with van der Waals surface area (Å²) in [6.45, 7) is 2.15. The van der Waals surface area contributed by atoms with Crippen molar-refractivity contribution in [3.63, 3.8) is 0 Å². The van der Waals surface area contributed by atoms with Gasteiger partial charge < -0.3 is 18.4 Å². The average molecular weight is 336 g/mol. The van der Waals surface area contributed by atoms with Crippen LogP contribution in [0.15, 0.2) is 45.5 Å². The molecule has 0 fully saturated rings. The molecule has 3 aromatic heterocycles. The van der Waals surface area contributed by atoms with Gasteiger partial charge in [-0.2, -0.15) is 0 Å². The Bertz CT molecular complexity index is 1070. The zero-order valence-corrected chi connectivity index (χ0v) is 13.2. The van der Waals surface area contributed by atoms with Gasteiger partial charge in [0.25, 0.3) is 11.6 Å². The van der Waals surface area contributed by atoms with Crippen LogP contribution in [0.2, 0.25) is 0 Å². The number of fused-ring (bicyclic) bond motifs is 2. The van der Waals surface area contributed by atoms with Crippen molar-refractivity contribution in [3.8, 4) is 23.0 Å². The van der Waals surface area contributed by atoms with Gasteiger partial charge >= 0.3 is 0 Å². The molecule has 0 bridgehead atoms. The molecular formula is C17H12N4O4. The number of nitrogens with zero attached hydrogens (tertiary/aromatic N) is 4. The number of hydrogen-bond donors (Lipinski definition) is 0. The molecule has 124 valence electrons. The van der Waals surface area contributed by atoms with Crippen LogP contribution < -0.4 is 9.47 Å². The molecule has 0 saturated carbocycles. The van der Waals surface area contributed by atoms with Crippen LogP contribution >= 0.6 is 0 Å². The maximum Gasteiger partial charge on any atom is 0.260 e. The van der Waals surface area contributed by atoms with Crippen LogP contribution in [-0.2, 0) is 0 Å². The summed E-state index contributed by atoms with van der Waals surface area (Å²) in [6.07, 6.45) is 1.16. The third kappa shape index (κ3) is 2.30. The first-order valence-corrected chi connectivity index (χ1v) is 7.72. The molecule has 8 nitrogen and oxygen atoms in total. The Balaban J connectivity index is 1.46. The first kappa shape index (κ1) is 14.0. The van der Waals surface area contributed by atoms with Crippen molar-refractivity contribution >= 4 is 11.1 Å². The molecule has 8 heteroatoms. The number of ether oxygens (including phenoxy) is 2. The first-order chi connectivity index (χ1) is 12.3. The monoisotopic (exact) mass is 336 g/mol. The highest BCUT2D eigenvalue weighted by Crippen LogP contribution is 2.36. The van der Waals surface area contributed by atoms with E-state index >= 15 is 0 Å². The highest BCUT2D eigenvalue weighted by Gasteiger charge is 2.27. The lowest BCUT2D eigenvalue weighted by Gasteiger charge is -2.23. The van der Waals surface area contributed by atoms with E-state index in [0.29, 0.717) is 41.2 Å². The summed E-state index contributed by atoms with van der Waals surface area (Å²) in [5.74, 6) is 2.07. The van der Waals surface area contributed by atoms with Crippen LogP contribution in [0.25, 0.3) is 22.6 Å². The third-order valence-corrected chi connectivity index (χ3v) is 3.98. The van der Waals surface area contributed by atoms with E-state index in [4.69, 9.17) is 18.4 Å². The minimum Gasteiger partial charge on any atom is -0.485 e. The summed E-state index contributed by atoms with van der Waals surface area (Å²) in [6, 6.07) is 9.33. The molecule has 5 rings (SSSR count). The Labute approximate surface area is 141 Å². The fourth-order valence-corrected chi connectivity index (χ4v) is 2.68. The molecule has 1 aliphatic rings. The van der Waals surface area contributed by atoms with E-state index in [2.05, 4.69) is 20.3 Å². The largest absolute Gasteiger partial charge is 0.485 e. The van der Waals surface area contributed by atoms with Gasteiger partial charge in [-0.25, -0.2) is 4.98 Å². The molecule has 0 amide bonds. The standard InChI is InChI=1S/C17H12N4O4/c1-9-11-6-10(7-18-16(11)25-21-9)15-19-20-17(24-15)14-8-22-12-4-2-3-5-13(12)23-14/h2-7,14H,8H2,1H3/t14-/m1/s1. The van der Waals surface area contributed by atoms with E-state index in [1.54, 1.807) is 6.20 Å². The number of benzene rings is 1. The van der Waals surface area contributed by atoms with Gasteiger partial charge in [-0.05, 0) is 25.1 Å². The van der Waals surface area contributed by atoms with Gasteiger partial charge in [-0.3, -0.25) is 0 Å². The second-order valence-electron chi connectivity index (χ2n) is 5.65. The zero-order chi connectivity index (χ0) is 16.8. The topological polar surface area (TPSA) is 96.3 Å². The quantitative estimate of drug-likeness (QED) is 0.551. The maximum absolute atomic E-state index is 5.88. The predicted octanol–water partition coefficient (Wildman–Crippen LogP) is 3.09.